The second-order valence-electron chi connectivity index (χ2n) is 8.33. The van der Waals surface area contributed by atoms with E-state index in [0.29, 0.717) is 23.4 Å². The van der Waals surface area contributed by atoms with Gasteiger partial charge >= 0.3 is 12.5 Å². The number of amides is 2. The molecule has 0 heterocycles. The molecule has 0 saturated heterocycles. The van der Waals surface area contributed by atoms with Crippen molar-refractivity contribution in [2.45, 2.75) is 18.5 Å². The Kier molecular flexibility index (Phi) is 8.38. The zero-order valence-electron chi connectivity index (χ0n) is 19.8. The molecule has 8 nitrogen and oxygen atoms in total. The van der Waals surface area contributed by atoms with Gasteiger partial charge in [-0.25, -0.2) is 4.79 Å². The Morgan fingerprint density at radius 1 is 1.06 bits per heavy atom. The van der Waals surface area contributed by atoms with Crippen LogP contribution >= 0.6 is 0 Å². The maximum Gasteiger partial charge on any atom is 0.524 e. The number of carbonyl (C=O) groups excluding carboxylic acids is 2. The van der Waals surface area contributed by atoms with Crippen LogP contribution in [-0.2, 0) is 9.47 Å². The van der Waals surface area contributed by atoms with Crippen molar-refractivity contribution in [3.63, 3.8) is 0 Å². The van der Waals surface area contributed by atoms with Crippen LogP contribution in [0, 0.1) is 0 Å². The highest BCUT2D eigenvalue weighted by molar-refractivity contribution is 5.96. The molecule has 0 spiro atoms. The van der Waals surface area contributed by atoms with E-state index in [1.807, 2.05) is 19.0 Å². The largest absolute Gasteiger partial charge is 0.524 e. The van der Waals surface area contributed by atoms with Crippen LogP contribution in [-0.4, -0.2) is 56.2 Å². The minimum absolute atomic E-state index is 0.0373. The van der Waals surface area contributed by atoms with E-state index in [2.05, 4.69) is 15.4 Å². The van der Waals surface area contributed by atoms with Crippen molar-refractivity contribution in [1.82, 2.24) is 10.2 Å². The van der Waals surface area contributed by atoms with E-state index in [4.69, 9.17) is 10.5 Å². The number of likely N-dealkylation sites (N-methyl/N-ethyl adjacent to an activating group) is 1. The number of nitrogens with two attached hydrogens (primary N) is 1. The zero-order valence-corrected chi connectivity index (χ0v) is 19.8. The third-order valence-corrected chi connectivity index (χ3v) is 5.28. The second-order valence-corrected chi connectivity index (χ2v) is 8.33. The molecule has 11 heteroatoms. The van der Waals surface area contributed by atoms with E-state index < -0.39 is 24.1 Å². The summed E-state index contributed by atoms with van der Waals surface area (Å²) in [5.74, 6) is -0.843. The van der Waals surface area contributed by atoms with Crippen molar-refractivity contribution < 1.29 is 32.2 Å². The van der Waals surface area contributed by atoms with E-state index in [9.17, 15) is 22.8 Å². The maximum absolute atomic E-state index is 13.4. The predicted octanol–water partition coefficient (Wildman–Crippen LogP) is 4.09. The highest BCUT2D eigenvalue weighted by Gasteiger charge is 2.48. The number of nitrogens with zero attached hydrogens (tertiary/aromatic N) is 1. The van der Waals surface area contributed by atoms with E-state index in [-0.39, 0.29) is 24.3 Å². The van der Waals surface area contributed by atoms with Gasteiger partial charge in [-0.1, -0.05) is 36.4 Å². The van der Waals surface area contributed by atoms with E-state index in [0.717, 1.165) is 0 Å². The van der Waals surface area contributed by atoms with Gasteiger partial charge < -0.3 is 20.7 Å². The molecule has 4 N–H and O–H groups in total. The van der Waals surface area contributed by atoms with Gasteiger partial charge in [0.15, 0.2) is 5.72 Å². The molecule has 0 aliphatic heterocycles. The maximum atomic E-state index is 13.4. The van der Waals surface area contributed by atoms with Gasteiger partial charge in [0.1, 0.15) is 6.61 Å². The predicted molar refractivity (Wildman–Crippen MR) is 129 cm³/mol. The molecule has 0 aromatic heterocycles. The lowest BCUT2D eigenvalue weighted by molar-refractivity contribution is -0.362. The van der Waals surface area contributed by atoms with Gasteiger partial charge in [-0.15, -0.1) is 13.2 Å². The summed E-state index contributed by atoms with van der Waals surface area (Å²) in [7, 11) is 3.68. The number of benzene rings is 2. The highest BCUT2D eigenvalue weighted by atomic mass is 19.4. The molecule has 0 bridgehead atoms. The third kappa shape index (κ3) is 7.33. The first-order valence-electron chi connectivity index (χ1n) is 11.0. The van der Waals surface area contributed by atoms with Crippen molar-refractivity contribution in [1.29, 1.82) is 0 Å². The van der Waals surface area contributed by atoms with Gasteiger partial charge in [0.25, 0.3) is 5.91 Å². The Hall–Kier alpha value is -3.83. The topological polar surface area (TPSA) is 106 Å². The van der Waals surface area contributed by atoms with Crippen LogP contribution < -0.4 is 16.4 Å². The monoisotopic (exact) mass is 504 g/mol. The lowest BCUT2D eigenvalue weighted by atomic mass is 9.89. The van der Waals surface area contributed by atoms with Crippen LogP contribution in [0.3, 0.4) is 0 Å². The molecule has 2 aromatic carbocycles. The fourth-order valence-corrected chi connectivity index (χ4v) is 3.47. The van der Waals surface area contributed by atoms with Crippen LogP contribution in [0.1, 0.15) is 22.3 Å². The number of halogens is 3. The number of alkyl halides is 3. The van der Waals surface area contributed by atoms with Crippen molar-refractivity contribution >= 4 is 23.3 Å². The first-order valence-corrected chi connectivity index (χ1v) is 11.0. The molecule has 0 saturated carbocycles. The second kappa shape index (κ2) is 11.3. The lowest BCUT2D eigenvalue weighted by Gasteiger charge is -2.38. The van der Waals surface area contributed by atoms with Crippen molar-refractivity contribution in [2.24, 2.45) is 5.73 Å². The van der Waals surface area contributed by atoms with Crippen LogP contribution in [0.25, 0.3) is 5.57 Å². The van der Waals surface area contributed by atoms with Crippen molar-refractivity contribution in [3.05, 3.63) is 83.6 Å². The quantitative estimate of drug-likeness (QED) is 0.468. The minimum Gasteiger partial charge on any atom is -0.448 e. The van der Waals surface area contributed by atoms with Gasteiger partial charge in [0.2, 0.25) is 0 Å². The zero-order chi connectivity index (χ0) is 26.3. The molecule has 3 rings (SSSR count). The summed E-state index contributed by atoms with van der Waals surface area (Å²) < 4.78 is 49.7. The molecule has 1 aliphatic carbocycles. The number of hydrogen-bond donors (Lipinski definition) is 3. The summed E-state index contributed by atoms with van der Waals surface area (Å²) in [5, 5.41) is 4.83. The average molecular weight is 505 g/mol. The number of anilines is 1. The summed E-state index contributed by atoms with van der Waals surface area (Å²) >= 11 is 0. The molecular weight excluding hydrogens is 477 g/mol. The Labute approximate surface area is 206 Å². The fraction of sp³-hybridized carbons (Fsp3) is 0.280. The summed E-state index contributed by atoms with van der Waals surface area (Å²) in [4.78, 5) is 26.7. The fourth-order valence-electron chi connectivity index (χ4n) is 3.47. The van der Waals surface area contributed by atoms with Gasteiger partial charge in [-0.3, -0.25) is 14.8 Å². The molecular formula is C25H27F3N4O4. The number of ether oxygens (including phenoxy) is 2. The molecule has 0 radical (unpaired) electrons. The Morgan fingerprint density at radius 3 is 2.33 bits per heavy atom. The average Bonchev–Trinajstić information content (AvgIpc) is 2.80. The smallest absolute Gasteiger partial charge is 0.448 e. The van der Waals surface area contributed by atoms with E-state index in [1.165, 1.54) is 30.3 Å². The van der Waals surface area contributed by atoms with E-state index >= 15 is 0 Å². The number of rotatable bonds is 8. The standard InChI is InChI=1S/C25H27F3N4O4/c1-32(2)14-15-35-23(34)30-20-11-8-18(9-12-20)22(33)31-24(36-25(26,27)28)16-19(10-13-21(24)29)17-6-4-3-5-7-17/h3-13H,14-16,29H2,1-2H3,(H,30,34)(H,31,33). The normalized spacial score (nSPS) is 17.7. The number of allylic oxidation sites excluding steroid dienone is 2. The Bertz CT molecular complexity index is 1130. The summed E-state index contributed by atoms with van der Waals surface area (Å²) in [6.45, 7) is 0.738. The van der Waals surface area contributed by atoms with Gasteiger partial charge in [0.05, 0.1) is 5.70 Å². The molecule has 2 aromatic rings. The van der Waals surface area contributed by atoms with Gasteiger partial charge in [-0.2, -0.15) is 0 Å². The van der Waals surface area contributed by atoms with Gasteiger partial charge in [0, 0.05) is 24.2 Å². The SMILES string of the molecule is CN(C)CCOC(=O)Nc1ccc(C(=O)NC2(OC(F)(F)F)CC(c3ccccc3)=CC=C2N)cc1. The molecule has 1 aliphatic rings. The van der Waals surface area contributed by atoms with Gasteiger partial charge in [-0.05, 0) is 55.6 Å². The molecule has 2 amide bonds. The number of nitrogens with one attached hydrogen (secondary N) is 2. The number of hydrogen-bond acceptors (Lipinski definition) is 6. The molecule has 1 atom stereocenters. The molecule has 192 valence electrons. The third-order valence-electron chi connectivity index (χ3n) is 5.28. The Balaban J connectivity index is 1.75. The van der Waals surface area contributed by atoms with Crippen molar-refractivity contribution in [3.8, 4) is 0 Å². The van der Waals surface area contributed by atoms with E-state index in [1.54, 1.807) is 36.4 Å². The lowest BCUT2D eigenvalue weighted by Crippen LogP contribution is -2.57. The summed E-state index contributed by atoms with van der Waals surface area (Å²) in [6, 6.07) is 14.3. The highest BCUT2D eigenvalue weighted by Crippen LogP contribution is 2.38. The Morgan fingerprint density at radius 2 is 1.72 bits per heavy atom. The molecule has 0 fully saturated rings. The summed E-state index contributed by atoms with van der Waals surface area (Å²) in [6.07, 6.45) is -3.22. The van der Waals surface area contributed by atoms with Crippen LogP contribution in [0.2, 0.25) is 0 Å². The minimum atomic E-state index is -5.08. The first kappa shape index (κ1) is 26.8. The van der Waals surface area contributed by atoms with Crippen molar-refractivity contribution in [2.75, 3.05) is 32.6 Å². The first-order chi connectivity index (χ1) is 17.0. The summed E-state index contributed by atoms with van der Waals surface area (Å²) in [5.41, 5.74) is 4.84. The van der Waals surface area contributed by atoms with Crippen LogP contribution in [0.4, 0.5) is 23.7 Å². The van der Waals surface area contributed by atoms with Crippen LogP contribution in [0.15, 0.2) is 72.4 Å². The van der Waals surface area contributed by atoms with Crippen LogP contribution in [0.5, 0.6) is 0 Å². The molecule has 36 heavy (non-hydrogen) atoms. The molecule has 1 unspecified atom stereocenters. The number of carbonyl (C=O) groups is 2.